The molecule has 4 aromatic rings. The summed E-state index contributed by atoms with van der Waals surface area (Å²) in [6.45, 7) is 3.99. The Hall–Kier alpha value is -4.26. The lowest BCUT2D eigenvalue weighted by Crippen LogP contribution is -2.17. The molecule has 0 radical (unpaired) electrons. The SMILES string of the molecule is CCOc1ccc(NS(=O)(=O)c2ccc(OC)c(OC)c2OC)cc1-c1nn2c(C3CCCC3)nc(C)c2c(=O)[nH]1. The Balaban J connectivity index is 1.60. The Morgan fingerprint density at radius 2 is 1.73 bits per heavy atom. The first-order chi connectivity index (χ1) is 19.7. The van der Waals surface area contributed by atoms with E-state index < -0.39 is 10.0 Å². The molecule has 12 nitrogen and oxygen atoms in total. The Bertz CT molecular complexity index is 1760. The average Bonchev–Trinajstić information content (AvgIpc) is 3.61. The molecular weight excluding hydrogens is 550 g/mol. The van der Waals surface area contributed by atoms with Crippen molar-refractivity contribution in [3.63, 3.8) is 0 Å². The number of H-pyrrole nitrogens is 1. The van der Waals surface area contributed by atoms with E-state index in [0.717, 1.165) is 31.5 Å². The van der Waals surface area contributed by atoms with Crippen LogP contribution in [0.1, 0.15) is 50.0 Å². The summed E-state index contributed by atoms with van der Waals surface area (Å²) in [5, 5.41) is 4.77. The highest BCUT2D eigenvalue weighted by atomic mass is 32.2. The number of imidazole rings is 1. The second kappa shape index (κ2) is 11.3. The molecule has 0 unspecified atom stereocenters. The van der Waals surface area contributed by atoms with Crippen molar-refractivity contribution in [1.82, 2.24) is 19.6 Å². The lowest BCUT2D eigenvalue weighted by Gasteiger charge is -2.17. The third kappa shape index (κ3) is 5.17. The van der Waals surface area contributed by atoms with Gasteiger partial charge in [0.05, 0.1) is 39.2 Å². The van der Waals surface area contributed by atoms with Crippen molar-refractivity contribution < 1.29 is 27.4 Å². The molecule has 218 valence electrons. The zero-order valence-electron chi connectivity index (χ0n) is 23.6. The van der Waals surface area contributed by atoms with Gasteiger partial charge in [0, 0.05) is 11.6 Å². The number of rotatable bonds is 10. The molecule has 2 aromatic heterocycles. The Morgan fingerprint density at radius 3 is 2.39 bits per heavy atom. The highest BCUT2D eigenvalue weighted by Crippen LogP contribution is 2.42. The lowest BCUT2D eigenvalue weighted by atomic mass is 10.1. The zero-order chi connectivity index (χ0) is 29.3. The fourth-order valence-corrected chi connectivity index (χ4v) is 6.53. The third-order valence-electron chi connectivity index (χ3n) is 7.17. The van der Waals surface area contributed by atoms with Gasteiger partial charge in [-0.05, 0) is 57.0 Å². The number of anilines is 1. The molecule has 1 saturated carbocycles. The van der Waals surface area contributed by atoms with Crippen molar-refractivity contribution in [2.24, 2.45) is 0 Å². The molecule has 5 rings (SSSR count). The van der Waals surface area contributed by atoms with Gasteiger partial charge in [0.25, 0.3) is 15.6 Å². The number of fused-ring (bicyclic) bond motifs is 1. The van der Waals surface area contributed by atoms with E-state index in [1.165, 1.54) is 33.5 Å². The van der Waals surface area contributed by atoms with Crippen LogP contribution in [0.4, 0.5) is 5.69 Å². The second-order valence-electron chi connectivity index (χ2n) is 9.68. The minimum atomic E-state index is -4.15. The van der Waals surface area contributed by atoms with E-state index in [9.17, 15) is 13.2 Å². The fraction of sp³-hybridized carbons (Fsp3) is 0.393. The van der Waals surface area contributed by atoms with Crippen LogP contribution in [0, 0.1) is 6.92 Å². The number of sulfonamides is 1. The molecule has 0 saturated heterocycles. The fourth-order valence-electron chi connectivity index (χ4n) is 5.32. The highest BCUT2D eigenvalue weighted by Gasteiger charge is 2.27. The molecule has 41 heavy (non-hydrogen) atoms. The summed E-state index contributed by atoms with van der Waals surface area (Å²) < 4.78 is 53.1. The van der Waals surface area contributed by atoms with Gasteiger partial charge in [-0.1, -0.05) is 12.8 Å². The quantitative estimate of drug-likeness (QED) is 0.279. The van der Waals surface area contributed by atoms with Crippen LogP contribution in [0.3, 0.4) is 0 Å². The van der Waals surface area contributed by atoms with Crippen LogP contribution in [0.2, 0.25) is 0 Å². The van der Waals surface area contributed by atoms with Gasteiger partial charge < -0.3 is 23.9 Å². The molecular formula is C28H33N5O7S. The minimum Gasteiger partial charge on any atom is -0.493 e. The van der Waals surface area contributed by atoms with Crippen LogP contribution in [0.15, 0.2) is 40.0 Å². The van der Waals surface area contributed by atoms with Crippen LogP contribution in [0.25, 0.3) is 16.9 Å². The topological polar surface area (TPSA) is 146 Å². The molecule has 0 atom stereocenters. The normalized spacial score (nSPS) is 13.9. The molecule has 2 N–H and O–H groups in total. The van der Waals surface area contributed by atoms with Gasteiger partial charge in [0.15, 0.2) is 22.8 Å². The highest BCUT2D eigenvalue weighted by molar-refractivity contribution is 7.92. The van der Waals surface area contributed by atoms with Gasteiger partial charge in [-0.3, -0.25) is 9.52 Å². The van der Waals surface area contributed by atoms with Crippen LogP contribution < -0.4 is 29.2 Å². The Morgan fingerprint density at radius 1 is 1.02 bits per heavy atom. The summed E-state index contributed by atoms with van der Waals surface area (Å²) in [7, 11) is 0.0377. The number of benzene rings is 2. The molecule has 13 heteroatoms. The first kappa shape index (κ1) is 28.3. The van der Waals surface area contributed by atoms with Gasteiger partial charge in [-0.2, -0.15) is 0 Å². The first-order valence-corrected chi connectivity index (χ1v) is 14.8. The number of methoxy groups -OCH3 is 3. The monoisotopic (exact) mass is 583 g/mol. The maximum atomic E-state index is 13.5. The predicted octanol–water partition coefficient (Wildman–Crippen LogP) is 4.28. The van der Waals surface area contributed by atoms with Crippen LogP contribution in [-0.4, -0.2) is 55.9 Å². The summed E-state index contributed by atoms with van der Waals surface area (Å²) in [6, 6.07) is 7.62. The third-order valence-corrected chi connectivity index (χ3v) is 8.57. The molecule has 2 heterocycles. The van der Waals surface area contributed by atoms with E-state index >= 15 is 0 Å². The van der Waals surface area contributed by atoms with Crippen molar-refractivity contribution >= 4 is 21.2 Å². The zero-order valence-corrected chi connectivity index (χ0v) is 24.4. The molecule has 0 amide bonds. The van der Waals surface area contributed by atoms with Crippen molar-refractivity contribution in [3.8, 4) is 34.4 Å². The van der Waals surface area contributed by atoms with Gasteiger partial charge in [-0.15, -0.1) is 5.10 Å². The molecule has 1 fully saturated rings. The van der Waals surface area contributed by atoms with Crippen LogP contribution >= 0.6 is 0 Å². The number of nitrogens with zero attached hydrogens (tertiary/aromatic N) is 3. The number of ether oxygens (including phenoxy) is 4. The Labute approximate surface area is 237 Å². The minimum absolute atomic E-state index is 0.00289. The van der Waals surface area contributed by atoms with Crippen LogP contribution in [-0.2, 0) is 10.0 Å². The van der Waals surface area contributed by atoms with Crippen molar-refractivity contribution in [3.05, 3.63) is 52.2 Å². The average molecular weight is 584 g/mol. The van der Waals surface area contributed by atoms with E-state index in [4.69, 9.17) is 29.0 Å². The van der Waals surface area contributed by atoms with Crippen LogP contribution in [0.5, 0.6) is 23.0 Å². The first-order valence-electron chi connectivity index (χ1n) is 13.3. The van der Waals surface area contributed by atoms with Gasteiger partial charge in [0.2, 0.25) is 5.75 Å². The molecule has 0 aliphatic heterocycles. The summed E-state index contributed by atoms with van der Waals surface area (Å²) in [5.41, 5.74) is 1.30. The second-order valence-corrected chi connectivity index (χ2v) is 11.3. The molecule has 1 aliphatic rings. The van der Waals surface area contributed by atoms with Crippen molar-refractivity contribution in [2.45, 2.75) is 50.3 Å². The summed E-state index contributed by atoms with van der Waals surface area (Å²) in [5.74, 6) is 2.11. The standard InChI is InChI=1S/C28H33N5O7S/c1-6-40-20-12-11-18(32-41(35,36)22-14-13-21(37-3)24(38-4)25(22)39-5)15-19(20)26-30-28(34)23-16(2)29-27(33(23)31-26)17-9-7-8-10-17/h11-15,17,32H,6-10H2,1-5H3,(H,30,31,34). The number of nitrogens with one attached hydrogen (secondary N) is 2. The summed E-state index contributed by atoms with van der Waals surface area (Å²) in [4.78, 5) is 20.6. The van der Waals surface area contributed by atoms with Gasteiger partial charge >= 0.3 is 0 Å². The maximum Gasteiger partial charge on any atom is 0.277 e. The van der Waals surface area contributed by atoms with Crippen molar-refractivity contribution in [2.75, 3.05) is 32.7 Å². The Kier molecular flexibility index (Phi) is 7.80. The van der Waals surface area contributed by atoms with E-state index in [1.54, 1.807) is 29.6 Å². The van der Waals surface area contributed by atoms with E-state index in [-0.39, 0.29) is 39.4 Å². The van der Waals surface area contributed by atoms with Crippen molar-refractivity contribution in [1.29, 1.82) is 0 Å². The number of hydrogen-bond acceptors (Lipinski definition) is 9. The number of hydrogen-bond donors (Lipinski definition) is 2. The van der Waals surface area contributed by atoms with Gasteiger partial charge in [0.1, 0.15) is 16.5 Å². The van der Waals surface area contributed by atoms with E-state index in [2.05, 4.69) is 9.71 Å². The smallest absolute Gasteiger partial charge is 0.277 e. The number of aryl methyl sites for hydroxylation is 1. The maximum absolute atomic E-state index is 13.5. The summed E-state index contributed by atoms with van der Waals surface area (Å²) in [6.07, 6.45) is 4.19. The lowest BCUT2D eigenvalue weighted by molar-refractivity contribution is 0.319. The number of aromatic nitrogens is 4. The largest absolute Gasteiger partial charge is 0.493 e. The van der Waals surface area contributed by atoms with Gasteiger partial charge in [-0.25, -0.2) is 17.9 Å². The van der Waals surface area contributed by atoms with E-state index in [0.29, 0.717) is 34.9 Å². The molecule has 0 spiro atoms. The molecule has 1 aliphatic carbocycles. The molecule has 0 bridgehead atoms. The predicted molar refractivity (Wildman–Crippen MR) is 153 cm³/mol. The van der Waals surface area contributed by atoms with E-state index in [1.807, 2.05) is 6.92 Å². The summed E-state index contributed by atoms with van der Waals surface area (Å²) >= 11 is 0. The molecule has 2 aromatic carbocycles. The number of aromatic amines is 1.